The van der Waals surface area contributed by atoms with Crippen molar-refractivity contribution >= 4 is 0 Å². The summed E-state index contributed by atoms with van der Waals surface area (Å²) in [5, 5.41) is 0. The van der Waals surface area contributed by atoms with Crippen molar-refractivity contribution in [3.8, 4) is 16.9 Å². The first-order valence-corrected chi connectivity index (χ1v) is 7.81. The number of nitrogens with two attached hydrogens (primary N) is 1. The largest absolute Gasteiger partial charge is 0.493 e. The van der Waals surface area contributed by atoms with Crippen LogP contribution in [0.15, 0.2) is 48.5 Å². The van der Waals surface area contributed by atoms with Crippen molar-refractivity contribution in [2.45, 2.75) is 39.2 Å². The predicted octanol–water partition coefficient (Wildman–Crippen LogP) is 4.42. The van der Waals surface area contributed by atoms with E-state index in [0.29, 0.717) is 0 Å². The van der Waals surface area contributed by atoms with Crippen molar-refractivity contribution in [2.75, 3.05) is 6.61 Å². The third-order valence-electron chi connectivity index (χ3n) is 3.64. The van der Waals surface area contributed by atoms with E-state index in [9.17, 15) is 0 Å². The van der Waals surface area contributed by atoms with Crippen LogP contribution in [-0.2, 0) is 6.42 Å². The van der Waals surface area contributed by atoms with E-state index in [0.717, 1.165) is 31.6 Å². The number of hydrogen-bond donors (Lipinski definition) is 1. The predicted molar refractivity (Wildman–Crippen MR) is 89.6 cm³/mol. The van der Waals surface area contributed by atoms with E-state index in [1.807, 2.05) is 6.07 Å². The van der Waals surface area contributed by atoms with Crippen LogP contribution in [0.2, 0.25) is 0 Å². The van der Waals surface area contributed by atoms with Gasteiger partial charge in [-0.1, -0.05) is 50.2 Å². The van der Waals surface area contributed by atoms with E-state index >= 15 is 0 Å². The fraction of sp³-hybridized carbons (Fsp3) is 0.368. The van der Waals surface area contributed by atoms with Gasteiger partial charge in [0.15, 0.2) is 0 Å². The molecule has 0 bridgehead atoms. The highest BCUT2D eigenvalue weighted by Crippen LogP contribution is 2.28. The average molecular weight is 283 g/mol. The van der Waals surface area contributed by atoms with Crippen molar-refractivity contribution < 1.29 is 4.74 Å². The summed E-state index contributed by atoms with van der Waals surface area (Å²) in [4.78, 5) is 0. The Bertz CT molecular complexity index is 551. The van der Waals surface area contributed by atoms with E-state index in [1.54, 1.807) is 0 Å². The highest BCUT2D eigenvalue weighted by atomic mass is 16.5. The topological polar surface area (TPSA) is 35.2 Å². The SMILES string of the molecule is CCCOc1ccc(-c2ccccc2)cc1CC(N)CC. The van der Waals surface area contributed by atoms with Crippen molar-refractivity contribution in [3.05, 3.63) is 54.1 Å². The molecule has 112 valence electrons. The average Bonchev–Trinajstić information content (AvgIpc) is 2.54. The Hall–Kier alpha value is -1.80. The van der Waals surface area contributed by atoms with Crippen LogP contribution < -0.4 is 10.5 Å². The summed E-state index contributed by atoms with van der Waals surface area (Å²) >= 11 is 0. The Kier molecular flexibility index (Phi) is 5.82. The van der Waals surface area contributed by atoms with Crippen LogP contribution in [0.5, 0.6) is 5.75 Å². The molecule has 0 radical (unpaired) electrons. The van der Waals surface area contributed by atoms with Gasteiger partial charge < -0.3 is 10.5 Å². The Balaban J connectivity index is 2.31. The molecule has 0 amide bonds. The first-order chi connectivity index (χ1) is 10.2. The summed E-state index contributed by atoms with van der Waals surface area (Å²) in [5.74, 6) is 0.973. The molecule has 2 rings (SSSR count). The van der Waals surface area contributed by atoms with Gasteiger partial charge in [0.25, 0.3) is 0 Å². The first kappa shape index (κ1) is 15.6. The molecule has 0 saturated carbocycles. The second kappa shape index (κ2) is 7.84. The Morgan fingerprint density at radius 1 is 1.00 bits per heavy atom. The standard InChI is InChI=1S/C19H25NO/c1-3-12-21-19-11-10-16(15-8-6-5-7-9-15)13-17(19)14-18(20)4-2/h5-11,13,18H,3-4,12,14,20H2,1-2H3. The van der Waals surface area contributed by atoms with Gasteiger partial charge in [-0.25, -0.2) is 0 Å². The number of hydrogen-bond acceptors (Lipinski definition) is 2. The molecular formula is C19H25NO. The molecule has 1 atom stereocenters. The smallest absolute Gasteiger partial charge is 0.122 e. The summed E-state index contributed by atoms with van der Waals surface area (Å²) in [7, 11) is 0. The molecule has 0 aliphatic heterocycles. The molecule has 0 aromatic heterocycles. The highest BCUT2D eigenvalue weighted by molar-refractivity contribution is 5.65. The second-order valence-corrected chi connectivity index (χ2v) is 5.41. The van der Waals surface area contributed by atoms with Gasteiger partial charge in [-0.15, -0.1) is 0 Å². The quantitative estimate of drug-likeness (QED) is 0.816. The maximum absolute atomic E-state index is 6.14. The minimum atomic E-state index is 0.181. The molecule has 2 aromatic rings. The monoisotopic (exact) mass is 283 g/mol. The lowest BCUT2D eigenvalue weighted by Gasteiger charge is -2.16. The highest BCUT2D eigenvalue weighted by Gasteiger charge is 2.10. The van der Waals surface area contributed by atoms with Crippen LogP contribution in [0.25, 0.3) is 11.1 Å². The molecule has 0 aliphatic rings. The van der Waals surface area contributed by atoms with Crippen LogP contribution in [0.1, 0.15) is 32.3 Å². The van der Waals surface area contributed by atoms with Crippen LogP contribution in [0.3, 0.4) is 0 Å². The molecule has 2 aromatic carbocycles. The Morgan fingerprint density at radius 3 is 2.43 bits per heavy atom. The summed E-state index contributed by atoms with van der Waals surface area (Å²) in [6, 6.07) is 17.0. The Morgan fingerprint density at radius 2 is 1.76 bits per heavy atom. The van der Waals surface area contributed by atoms with Crippen LogP contribution in [0, 0.1) is 0 Å². The van der Waals surface area contributed by atoms with E-state index < -0.39 is 0 Å². The minimum absolute atomic E-state index is 0.181. The van der Waals surface area contributed by atoms with Gasteiger partial charge >= 0.3 is 0 Å². The van der Waals surface area contributed by atoms with Gasteiger partial charge in [0.1, 0.15) is 5.75 Å². The lowest BCUT2D eigenvalue weighted by molar-refractivity contribution is 0.313. The second-order valence-electron chi connectivity index (χ2n) is 5.41. The third-order valence-corrected chi connectivity index (χ3v) is 3.64. The number of rotatable bonds is 7. The molecule has 0 spiro atoms. The normalized spacial score (nSPS) is 12.1. The van der Waals surface area contributed by atoms with E-state index in [4.69, 9.17) is 10.5 Å². The maximum atomic E-state index is 6.14. The molecule has 2 nitrogen and oxygen atoms in total. The summed E-state index contributed by atoms with van der Waals surface area (Å²) in [5.41, 5.74) is 9.79. The maximum Gasteiger partial charge on any atom is 0.122 e. The molecule has 2 N–H and O–H groups in total. The molecule has 0 fully saturated rings. The van der Waals surface area contributed by atoms with Crippen LogP contribution in [0.4, 0.5) is 0 Å². The fourth-order valence-corrected chi connectivity index (χ4v) is 2.33. The summed E-state index contributed by atoms with van der Waals surface area (Å²) in [6.45, 7) is 4.99. The Labute approximate surface area is 127 Å². The van der Waals surface area contributed by atoms with Crippen molar-refractivity contribution in [2.24, 2.45) is 5.73 Å². The minimum Gasteiger partial charge on any atom is -0.493 e. The summed E-state index contributed by atoms with van der Waals surface area (Å²) in [6.07, 6.45) is 2.85. The van der Waals surface area contributed by atoms with Gasteiger partial charge in [-0.3, -0.25) is 0 Å². The van der Waals surface area contributed by atoms with Gasteiger partial charge in [0.05, 0.1) is 6.61 Å². The molecule has 0 heterocycles. The van der Waals surface area contributed by atoms with Crippen molar-refractivity contribution in [1.82, 2.24) is 0 Å². The zero-order chi connectivity index (χ0) is 15.1. The van der Waals surface area contributed by atoms with Crippen molar-refractivity contribution in [1.29, 1.82) is 0 Å². The zero-order valence-corrected chi connectivity index (χ0v) is 13.0. The molecule has 0 saturated heterocycles. The van der Waals surface area contributed by atoms with Gasteiger partial charge in [-0.2, -0.15) is 0 Å². The van der Waals surface area contributed by atoms with Gasteiger partial charge in [-0.05, 0) is 48.1 Å². The van der Waals surface area contributed by atoms with Crippen molar-refractivity contribution in [3.63, 3.8) is 0 Å². The zero-order valence-electron chi connectivity index (χ0n) is 13.0. The van der Waals surface area contributed by atoms with Gasteiger partial charge in [0, 0.05) is 6.04 Å². The molecular weight excluding hydrogens is 258 g/mol. The van der Waals surface area contributed by atoms with Crippen LogP contribution >= 0.6 is 0 Å². The summed E-state index contributed by atoms with van der Waals surface area (Å²) < 4.78 is 5.87. The fourth-order valence-electron chi connectivity index (χ4n) is 2.33. The first-order valence-electron chi connectivity index (χ1n) is 7.81. The lowest BCUT2D eigenvalue weighted by atomic mass is 9.98. The van der Waals surface area contributed by atoms with E-state index in [1.165, 1.54) is 16.7 Å². The molecule has 2 heteroatoms. The number of benzene rings is 2. The number of ether oxygens (including phenoxy) is 1. The van der Waals surface area contributed by atoms with Gasteiger partial charge in [0.2, 0.25) is 0 Å². The van der Waals surface area contributed by atoms with E-state index in [2.05, 4.69) is 56.3 Å². The molecule has 1 unspecified atom stereocenters. The third kappa shape index (κ3) is 4.33. The lowest BCUT2D eigenvalue weighted by Crippen LogP contribution is -2.21. The molecule has 0 aliphatic carbocycles. The molecule has 21 heavy (non-hydrogen) atoms. The van der Waals surface area contributed by atoms with E-state index in [-0.39, 0.29) is 6.04 Å². The van der Waals surface area contributed by atoms with Crippen LogP contribution in [-0.4, -0.2) is 12.6 Å².